The van der Waals surface area contributed by atoms with Crippen molar-refractivity contribution >= 4 is 16.7 Å². The molecule has 3 rings (SSSR count). The van der Waals surface area contributed by atoms with Crippen LogP contribution in [0.2, 0.25) is 0 Å². The second kappa shape index (κ2) is 6.06. The first-order valence-corrected chi connectivity index (χ1v) is 7.33. The summed E-state index contributed by atoms with van der Waals surface area (Å²) in [5, 5.41) is 8.81. The average Bonchev–Trinajstić information content (AvgIpc) is 2.75. The zero-order valence-electron chi connectivity index (χ0n) is 11.6. The van der Waals surface area contributed by atoms with Crippen LogP contribution in [0.5, 0.6) is 0 Å². The van der Waals surface area contributed by atoms with Crippen molar-refractivity contribution in [1.82, 2.24) is 10.6 Å². The van der Waals surface area contributed by atoms with Crippen LogP contribution >= 0.6 is 0 Å². The minimum absolute atomic E-state index is 0.0441. The van der Waals surface area contributed by atoms with Gasteiger partial charge in [0.2, 0.25) is 0 Å². The summed E-state index contributed by atoms with van der Waals surface area (Å²) in [5.74, 6) is 0.0441. The Kier molecular flexibility index (Phi) is 3.97. The number of amides is 1. The van der Waals surface area contributed by atoms with Gasteiger partial charge in [0.05, 0.1) is 0 Å². The number of nitrogens with one attached hydrogen (secondary N) is 2. The number of fused-ring (bicyclic) bond motifs is 1. The Morgan fingerprint density at radius 2 is 1.90 bits per heavy atom. The molecule has 0 aliphatic carbocycles. The van der Waals surface area contributed by atoms with Crippen molar-refractivity contribution in [2.24, 2.45) is 0 Å². The predicted octanol–water partition coefficient (Wildman–Crippen LogP) is 2.71. The Morgan fingerprint density at radius 3 is 2.80 bits per heavy atom. The van der Waals surface area contributed by atoms with E-state index in [9.17, 15) is 4.79 Å². The third-order valence-electron chi connectivity index (χ3n) is 3.92. The molecule has 1 atom stereocenters. The SMILES string of the molecule is O=C(NC1CCCNCC1)c1ccc2ccccc2c1. The number of rotatable bonds is 2. The molecule has 0 saturated carbocycles. The molecular formula is C17H20N2O. The molecule has 0 bridgehead atoms. The molecule has 0 spiro atoms. The number of benzene rings is 2. The van der Waals surface area contributed by atoms with Crippen LogP contribution < -0.4 is 10.6 Å². The monoisotopic (exact) mass is 268 g/mol. The lowest BCUT2D eigenvalue weighted by Gasteiger charge is -2.16. The van der Waals surface area contributed by atoms with Gasteiger partial charge in [-0.25, -0.2) is 0 Å². The molecule has 2 aromatic carbocycles. The Morgan fingerprint density at radius 1 is 1.05 bits per heavy atom. The molecule has 1 saturated heterocycles. The van der Waals surface area contributed by atoms with Gasteiger partial charge >= 0.3 is 0 Å². The van der Waals surface area contributed by atoms with Crippen molar-refractivity contribution in [3.63, 3.8) is 0 Å². The normalized spacial score (nSPS) is 19.5. The van der Waals surface area contributed by atoms with Crippen LogP contribution in [0, 0.1) is 0 Å². The molecule has 104 valence electrons. The molecule has 1 heterocycles. The maximum atomic E-state index is 12.3. The van der Waals surface area contributed by atoms with Gasteiger partial charge in [-0.3, -0.25) is 4.79 Å². The first-order chi connectivity index (χ1) is 9.83. The van der Waals surface area contributed by atoms with Gasteiger partial charge in [0.25, 0.3) is 5.91 Å². The second-order valence-electron chi connectivity index (χ2n) is 5.41. The van der Waals surface area contributed by atoms with E-state index in [-0.39, 0.29) is 5.91 Å². The summed E-state index contributed by atoms with van der Waals surface area (Å²) in [5.41, 5.74) is 0.751. The molecule has 1 fully saturated rings. The van der Waals surface area contributed by atoms with E-state index in [4.69, 9.17) is 0 Å². The van der Waals surface area contributed by atoms with Gasteiger partial charge < -0.3 is 10.6 Å². The number of hydrogen-bond acceptors (Lipinski definition) is 2. The molecule has 1 aliphatic heterocycles. The Bertz CT molecular complexity index is 601. The van der Waals surface area contributed by atoms with Gasteiger partial charge in [0.15, 0.2) is 0 Å². The van der Waals surface area contributed by atoms with Crippen LogP contribution in [0.3, 0.4) is 0 Å². The Labute approximate surface area is 119 Å². The number of carbonyl (C=O) groups is 1. The number of hydrogen-bond donors (Lipinski definition) is 2. The highest BCUT2D eigenvalue weighted by atomic mass is 16.1. The van der Waals surface area contributed by atoms with Gasteiger partial charge in [-0.2, -0.15) is 0 Å². The summed E-state index contributed by atoms with van der Waals surface area (Å²) < 4.78 is 0. The van der Waals surface area contributed by atoms with Crippen LogP contribution in [0.4, 0.5) is 0 Å². The second-order valence-corrected chi connectivity index (χ2v) is 5.41. The van der Waals surface area contributed by atoms with E-state index in [1.165, 1.54) is 5.39 Å². The molecule has 1 amide bonds. The quantitative estimate of drug-likeness (QED) is 0.879. The third-order valence-corrected chi connectivity index (χ3v) is 3.92. The highest BCUT2D eigenvalue weighted by Crippen LogP contribution is 2.16. The van der Waals surface area contributed by atoms with E-state index in [2.05, 4.69) is 16.7 Å². The molecule has 3 nitrogen and oxygen atoms in total. The molecule has 2 aromatic rings. The van der Waals surface area contributed by atoms with Crippen LogP contribution in [0.25, 0.3) is 10.8 Å². The standard InChI is InChI=1S/C17H20N2O/c20-17(19-16-6-3-10-18-11-9-16)15-8-7-13-4-1-2-5-14(13)12-15/h1-2,4-5,7-8,12,16,18H,3,6,9-11H2,(H,19,20). The molecule has 0 radical (unpaired) electrons. The topological polar surface area (TPSA) is 41.1 Å². The first kappa shape index (κ1) is 13.1. The summed E-state index contributed by atoms with van der Waals surface area (Å²) in [7, 11) is 0. The van der Waals surface area contributed by atoms with E-state index in [0.29, 0.717) is 6.04 Å². The molecule has 1 aliphatic rings. The van der Waals surface area contributed by atoms with E-state index >= 15 is 0 Å². The first-order valence-electron chi connectivity index (χ1n) is 7.33. The molecule has 20 heavy (non-hydrogen) atoms. The summed E-state index contributed by atoms with van der Waals surface area (Å²) in [4.78, 5) is 12.3. The Hall–Kier alpha value is -1.87. The zero-order valence-corrected chi connectivity index (χ0v) is 11.6. The van der Waals surface area contributed by atoms with E-state index in [1.54, 1.807) is 0 Å². The largest absolute Gasteiger partial charge is 0.349 e. The van der Waals surface area contributed by atoms with Gasteiger partial charge in [0, 0.05) is 11.6 Å². The van der Waals surface area contributed by atoms with Crippen LogP contribution in [0.15, 0.2) is 42.5 Å². The van der Waals surface area contributed by atoms with Gasteiger partial charge in [0.1, 0.15) is 0 Å². The highest BCUT2D eigenvalue weighted by Gasteiger charge is 2.15. The summed E-state index contributed by atoms with van der Waals surface area (Å²) in [6.45, 7) is 2.05. The maximum Gasteiger partial charge on any atom is 0.251 e. The fourth-order valence-electron chi connectivity index (χ4n) is 2.76. The smallest absolute Gasteiger partial charge is 0.251 e. The fourth-order valence-corrected chi connectivity index (χ4v) is 2.76. The van der Waals surface area contributed by atoms with Gasteiger partial charge in [-0.15, -0.1) is 0 Å². The Balaban J connectivity index is 1.74. The molecule has 2 N–H and O–H groups in total. The molecular weight excluding hydrogens is 248 g/mol. The van der Waals surface area contributed by atoms with Crippen LogP contribution in [0.1, 0.15) is 29.6 Å². The van der Waals surface area contributed by atoms with Gasteiger partial charge in [-0.1, -0.05) is 30.3 Å². The molecule has 0 aromatic heterocycles. The van der Waals surface area contributed by atoms with Crippen molar-refractivity contribution in [3.05, 3.63) is 48.0 Å². The number of carbonyl (C=O) groups excluding carboxylic acids is 1. The summed E-state index contributed by atoms with van der Waals surface area (Å²) in [6, 6.07) is 14.3. The van der Waals surface area contributed by atoms with E-state index < -0.39 is 0 Å². The fraction of sp³-hybridized carbons (Fsp3) is 0.353. The minimum atomic E-state index is 0.0441. The van der Waals surface area contributed by atoms with Crippen LogP contribution in [-0.4, -0.2) is 25.0 Å². The van der Waals surface area contributed by atoms with Gasteiger partial charge in [-0.05, 0) is 55.3 Å². The lowest BCUT2D eigenvalue weighted by molar-refractivity contribution is 0.0934. The van der Waals surface area contributed by atoms with Crippen molar-refractivity contribution < 1.29 is 4.79 Å². The summed E-state index contributed by atoms with van der Waals surface area (Å²) >= 11 is 0. The predicted molar refractivity (Wildman–Crippen MR) is 81.9 cm³/mol. The van der Waals surface area contributed by atoms with Crippen molar-refractivity contribution in [2.45, 2.75) is 25.3 Å². The molecule has 1 unspecified atom stereocenters. The van der Waals surface area contributed by atoms with Crippen LogP contribution in [-0.2, 0) is 0 Å². The highest BCUT2D eigenvalue weighted by molar-refractivity contribution is 5.98. The van der Waals surface area contributed by atoms with Crippen molar-refractivity contribution in [2.75, 3.05) is 13.1 Å². The van der Waals surface area contributed by atoms with E-state index in [0.717, 1.165) is 43.3 Å². The lowest BCUT2D eigenvalue weighted by Crippen LogP contribution is -2.35. The zero-order chi connectivity index (χ0) is 13.8. The summed E-state index contributed by atoms with van der Waals surface area (Å²) in [6.07, 6.45) is 3.20. The van der Waals surface area contributed by atoms with Crippen molar-refractivity contribution in [1.29, 1.82) is 0 Å². The third kappa shape index (κ3) is 2.99. The van der Waals surface area contributed by atoms with Crippen molar-refractivity contribution in [3.8, 4) is 0 Å². The molecule has 3 heteroatoms. The van der Waals surface area contributed by atoms with E-state index in [1.807, 2.05) is 36.4 Å². The minimum Gasteiger partial charge on any atom is -0.349 e. The average molecular weight is 268 g/mol. The maximum absolute atomic E-state index is 12.3. The lowest BCUT2D eigenvalue weighted by atomic mass is 10.1.